The Morgan fingerprint density at radius 2 is 0.527 bits per heavy atom. The third kappa shape index (κ3) is 20.4. The van der Waals surface area contributed by atoms with Gasteiger partial charge < -0.3 is 30.3 Å². The summed E-state index contributed by atoms with van der Waals surface area (Å²) in [7, 11) is 0. The van der Waals surface area contributed by atoms with Gasteiger partial charge in [-0.15, -0.1) is 11.8 Å². The molecule has 0 atom stereocenters. The quantitative estimate of drug-likeness (QED) is 0.0186. The van der Waals surface area contributed by atoms with Crippen molar-refractivity contribution in [3.63, 3.8) is 0 Å². The van der Waals surface area contributed by atoms with Crippen molar-refractivity contribution >= 4 is 105 Å². The van der Waals surface area contributed by atoms with E-state index in [0.717, 1.165) is 58.0 Å². The number of amides is 3. The molecule has 0 saturated heterocycles. The third-order valence-corrected chi connectivity index (χ3v) is 23.6. The lowest BCUT2D eigenvalue weighted by molar-refractivity contribution is 0.0998. The molecule has 0 saturated carbocycles. The second kappa shape index (κ2) is 39.7. The molecule has 12 aromatic rings. The summed E-state index contributed by atoms with van der Waals surface area (Å²) in [6.07, 6.45) is 22.2. The van der Waals surface area contributed by atoms with E-state index in [4.69, 9.17) is 23.2 Å². The van der Waals surface area contributed by atoms with Gasteiger partial charge >= 0.3 is 0 Å². The lowest BCUT2D eigenvalue weighted by Gasteiger charge is -2.05. The Morgan fingerprint density at radius 1 is 0.291 bits per heavy atom. The summed E-state index contributed by atoms with van der Waals surface area (Å²) in [5.74, 6) is -0.0991. The van der Waals surface area contributed by atoms with Crippen molar-refractivity contribution < 1.29 is 29.7 Å². The number of aromatic amines is 3. The molecule has 110 heavy (non-hydrogen) atoms. The Bertz CT molecular complexity index is 5160. The predicted octanol–water partition coefficient (Wildman–Crippen LogP) is 26.5. The van der Waals surface area contributed by atoms with Crippen LogP contribution in [0.1, 0.15) is 189 Å². The van der Waals surface area contributed by atoms with Gasteiger partial charge in [0.25, 0.3) is 17.7 Å². The topological polar surface area (TPSA) is 196 Å². The molecule has 18 heteroatoms. The first-order chi connectivity index (χ1) is 52.8. The molecule has 15 rings (SSSR count). The van der Waals surface area contributed by atoms with Crippen LogP contribution in [0.2, 0.25) is 10.0 Å². The minimum absolute atomic E-state index is 0. The largest absolute Gasteiger partial charge is 0.494 e. The number of carbonyl (C=O) groups excluding carboxylic acids is 3. The van der Waals surface area contributed by atoms with E-state index in [9.17, 15) is 29.7 Å². The molecule has 9 aromatic carbocycles. The molecule has 0 bridgehead atoms. The highest BCUT2D eigenvalue weighted by atomic mass is 35.5. The average Bonchev–Trinajstić information content (AvgIpc) is 1.61. The monoisotopic (exact) mass is 1570 g/mol. The molecule has 0 fully saturated rings. The molecule has 0 radical (unpaired) electrons. The van der Waals surface area contributed by atoms with Gasteiger partial charge in [-0.2, -0.15) is 0 Å². The predicted molar refractivity (Wildman–Crippen MR) is 458 cm³/mol. The number of aromatic hydroxyl groups is 3. The van der Waals surface area contributed by atoms with Gasteiger partial charge in [-0.05, 0) is 138 Å². The number of fused-ring (bicyclic) bond motifs is 3. The van der Waals surface area contributed by atoms with Crippen LogP contribution >= 0.6 is 70.2 Å². The fourth-order valence-corrected chi connectivity index (χ4v) is 17.1. The number of thioether (sulfide) groups is 1. The smallest absolute Gasteiger partial charge is 0.280 e. The SMILES string of the molecule is C.C.CCCCCCCCCCCCCCCCCCSc1ccc(-c2[nH]c(O)c3c2C(=O)N=C3c2ccc(Sc3ccccc3)cc2)cc1.O=C1N=C(c2ccc(Cl)cc2)c2c(O)[nH]c(-c3ccc(Cl)cc3)c21.O=C1N=C(c2ccc(Sc3ccccc3)cc2)c2c(O)[nH]c(-c3ccc(Sc4ccccc4)cc3)c21. The first kappa shape index (κ1) is 81.2. The van der Waals surface area contributed by atoms with Crippen LogP contribution in [0.3, 0.4) is 0 Å². The Kier molecular flexibility index (Phi) is 29.3. The van der Waals surface area contributed by atoms with E-state index in [1.165, 1.54) is 113 Å². The zero-order valence-electron chi connectivity index (χ0n) is 59.8. The van der Waals surface area contributed by atoms with Crippen molar-refractivity contribution in [2.75, 3.05) is 5.75 Å². The Balaban J connectivity index is 0.000000171. The van der Waals surface area contributed by atoms with E-state index in [1.807, 2.05) is 151 Å². The molecule has 3 aliphatic heterocycles. The molecule has 0 unspecified atom stereocenters. The van der Waals surface area contributed by atoms with Crippen LogP contribution in [0.5, 0.6) is 17.6 Å². The van der Waals surface area contributed by atoms with Gasteiger partial charge in [0.15, 0.2) is 17.6 Å². The van der Waals surface area contributed by atoms with Gasteiger partial charge in [0.05, 0.1) is 67.6 Å². The van der Waals surface area contributed by atoms with E-state index < -0.39 is 5.91 Å². The molecule has 6 heterocycles. The number of H-pyrrole nitrogens is 3. The van der Waals surface area contributed by atoms with Crippen LogP contribution in [0, 0.1) is 0 Å². The molecular weight excluding hydrogens is 1480 g/mol. The number of nitrogens with zero attached hydrogens (tertiary/aromatic N) is 3. The maximum atomic E-state index is 13.1. The highest BCUT2D eigenvalue weighted by molar-refractivity contribution is 8.00. The van der Waals surface area contributed by atoms with E-state index in [2.05, 4.69) is 85.4 Å². The highest BCUT2D eigenvalue weighted by Crippen LogP contribution is 2.43. The first-order valence-electron chi connectivity index (χ1n) is 36.8. The lowest BCUT2D eigenvalue weighted by atomic mass is 10.0. The number of halogens is 2. The number of unbranched alkanes of at least 4 members (excludes halogenated alkanes) is 15. The van der Waals surface area contributed by atoms with Crippen molar-refractivity contribution in [1.82, 2.24) is 15.0 Å². The molecule has 562 valence electrons. The van der Waals surface area contributed by atoms with Gasteiger partial charge in [-0.1, -0.05) is 304 Å². The van der Waals surface area contributed by atoms with Gasteiger partial charge in [-0.25, -0.2) is 15.0 Å². The summed E-state index contributed by atoms with van der Waals surface area (Å²) in [4.78, 5) is 68.2. The Morgan fingerprint density at radius 3 is 0.818 bits per heavy atom. The standard InChI is InChI=1S/C42H52N2O2S2.C30H20N2O2S2.C18H10Cl2N2O2.2CH4/c1-2-3-4-5-6-7-8-9-10-11-12-13-14-15-16-20-31-47-34-27-23-32(24-28-34)39-37-38(42(46)43-39)40(44-41(37)45)33-25-29-36(30-26-33)48-35-21-18-17-19-22-35;33-29-25-26(28(32-29)20-13-17-24(18-14-20)36-22-9-5-2-6-10-22)30(34)31-27(25)19-11-15-23(16-12-19)35-21-7-3-1-4-8-21;19-11-5-1-9(2-6-11)15-13-14(18(24)21-15)16(22-17(13)23)10-3-7-12(20)8-4-10;;/h17-19,21-30,43,46H,2-16,20,31H2,1H3;1-18,31,34H;1-8,21,24H;2*1H4. The molecule has 12 nitrogen and oxygen atoms in total. The second-order valence-corrected chi connectivity index (χ2v) is 32.1. The number of aliphatic imine (C=N–C) groups is 3. The normalized spacial score (nSPS) is 12.4. The Hall–Kier alpha value is -9.78. The van der Waals surface area contributed by atoms with Gasteiger partial charge in [0, 0.05) is 61.0 Å². The molecule has 3 amide bonds. The van der Waals surface area contributed by atoms with Crippen LogP contribution in [-0.4, -0.2) is 70.9 Å². The summed E-state index contributed by atoms with van der Waals surface area (Å²) in [5, 5.41) is 33.2. The van der Waals surface area contributed by atoms with Crippen LogP contribution < -0.4 is 0 Å². The molecule has 0 spiro atoms. The maximum absolute atomic E-state index is 13.1. The van der Waals surface area contributed by atoms with Crippen molar-refractivity contribution in [3.8, 4) is 51.4 Å². The van der Waals surface area contributed by atoms with Crippen LogP contribution in [-0.2, 0) is 0 Å². The fourth-order valence-electron chi connectivity index (χ4n) is 13.4. The number of hydrogen-bond donors (Lipinski definition) is 6. The third-order valence-electron chi connectivity index (χ3n) is 18.9. The second-order valence-electron chi connectivity index (χ2n) is 26.6. The molecular formula is C92H90Cl2N6O6S4. The highest BCUT2D eigenvalue weighted by Gasteiger charge is 2.36. The average molecular weight is 1570 g/mol. The lowest BCUT2D eigenvalue weighted by Crippen LogP contribution is -1.99. The van der Waals surface area contributed by atoms with E-state index in [-0.39, 0.29) is 44.3 Å². The number of nitrogens with one attached hydrogen (secondary N) is 3. The van der Waals surface area contributed by atoms with Crippen molar-refractivity contribution in [1.29, 1.82) is 0 Å². The molecule has 0 aliphatic carbocycles. The van der Waals surface area contributed by atoms with E-state index in [1.54, 1.807) is 83.8 Å². The van der Waals surface area contributed by atoms with E-state index in [0.29, 0.717) is 83.2 Å². The summed E-state index contributed by atoms with van der Waals surface area (Å²) < 4.78 is 0. The number of carbonyl (C=O) groups is 3. The van der Waals surface area contributed by atoms with Gasteiger partial charge in [-0.3, -0.25) is 14.4 Å². The van der Waals surface area contributed by atoms with Crippen molar-refractivity contribution in [3.05, 3.63) is 297 Å². The number of benzene rings is 9. The van der Waals surface area contributed by atoms with Crippen LogP contribution in [0.4, 0.5) is 0 Å². The van der Waals surface area contributed by atoms with Crippen molar-refractivity contribution in [2.24, 2.45) is 15.0 Å². The summed E-state index contributed by atoms with van der Waals surface area (Å²) in [5.41, 5.74) is 10.5. The van der Waals surface area contributed by atoms with Gasteiger partial charge in [0.1, 0.15) is 0 Å². The number of hydrogen-bond acceptors (Lipinski definition) is 10. The molecule has 3 aromatic heterocycles. The number of aromatic nitrogens is 3. The zero-order chi connectivity index (χ0) is 74.7. The van der Waals surface area contributed by atoms with Gasteiger partial charge in [0.2, 0.25) is 0 Å². The molecule has 6 N–H and O–H groups in total. The minimum atomic E-state index is -0.392. The number of rotatable bonds is 30. The fraction of sp³-hybridized carbons (Fsp3) is 0.217. The zero-order valence-corrected chi connectivity index (χ0v) is 64.6. The minimum Gasteiger partial charge on any atom is -0.494 e. The summed E-state index contributed by atoms with van der Waals surface area (Å²) in [6, 6.07) is 76.6. The van der Waals surface area contributed by atoms with Crippen LogP contribution in [0.15, 0.2) is 286 Å². The Labute approximate surface area is 672 Å². The molecule has 3 aliphatic rings. The first-order valence-corrected chi connectivity index (χ1v) is 41.0. The van der Waals surface area contributed by atoms with E-state index >= 15 is 0 Å². The van der Waals surface area contributed by atoms with Crippen molar-refractivity contribution in [2.45, 2.75) is 159 Å². The maximum Gasteiger partial charge on any atom is 0.280 e. The van der Waals surface area contributed by atoms with Crippen LogP contribution in [0.25, 0.3) is 33.8 Å². The summed E-state index contributed by atoms with van der Waals surface area (Å²) >= 11 is 18.7. The summed E-state index contributed by atoms with van der Waals surface area (Å²) in [6.45, 7) is 2.29.